The molecule has 1 amide bonds. The molecule has 2 heterocycles. The molecule has 0 saturated carbocycles. The number of rotatable bonds is 6. The Labute approximate surface area is 159 Å². The number of aromatic nitrogens is 2. The topological polar surface area (TPSA) is 70.6 Å². The molecule has 1 aromatic heterocycles. The van der Waals surface area contributed by atoms with Crippen LogP contribution in [0.1, 0.15) is 6.92 Å². The third kappa shape index (κ3) is 4.75. The number of ether oxygens (including phenoxy) is 1. The summed E-state index contributed by atoms with van der Waals surface area (Å²) < 4.78 is 5.09. The zero-order valence-electron chi connectivity index (χ0n) is 15.6. The van der Waals surface area contributed by atoms with E-state index < -0.39 is 0 Å². The minimum atomic E-state index is -0.252. The van der Waals surface area contributed by atoms with Crippen molar-refractivity contribution in [2.45, 2.75) is 6.92 Å². The van der Waals surface area contributed by atoms with Crippen molar-refractivity contribution >= 4 is 17.9 Å². The Hall–Kier alpha value is -3.09. The Morgan fingerprint density at radius 3 is 2.63 bits per heavy atom. The first-order valence-electron chi connectivity index (χ1n) is 9.17. The zero-order valence-corrected chi connectivity index (χ0v) is 15.6. The summed E-state index contributed by atoms with van der Waals surface area (Å²) >= 11 is 0. The van der Waals surface area contributed by atoms with Crippen molar-refractivity contribution in [1.82, 2.24) is 14.9 Å². The van der Waals surface area contributed by atoms with Gasteiger partial charge in [0.25, 0.3) is 0 Å². The molecule has 142 valence electrons. The van der Waals surface area contributed by atoms with Crippen molar-refractivity contribution < 1.29 is 9.53 Å². The Bertz CT molecular complexity index is 773. The molecule has 1 aliphatic rings. The molecule has 1 saturated heterocycles. The third-order valence-electron chi connectivity index (χ3n) is 4.32. The van der Waals surface area contributed by atoms with Crippen LogP contribution in [-0.2, 0) is 4.74 Å². The van der Waals surface area contributed by atoms with Gasteiger partial charge in [0.15, 0.2) is 0 Å². The standard InChI is InChI=1S/C20H25N5O2/c1-3-10-21-19-22-17(16-8-6-5-7-9-16)15-18(23-19)24-11-13-25(14-12-24)20(26)27-4-2/h3,5-9,15H,1,4,10-14H2,2H3,(H,21,22,23). The van der Waals surface area contributed by atoms with Crippen molar-refractivity contribution in [3.63, 3.8) is 0 Å². The minimum absolute atomic E-state index is 0.252. The van der Waals surface area contributed by atoms with Gasteiger partial charge in [0.05, 0.1) is 12.3 Å². The molecule has 0 unspecified atom stereocenters. The van der Waals surface area contributed by atoms with Crippen molar-refractivity contribution in [1.29, 1.82) is 0 Å². The number of carbonyl (C=O) groups is 1. The van der Waals surface area contributed by atoms with Crippen LogP contribution >= 0.6 is 0 Å². The summed E-state index contributed by atoms with van der Waals surface area (Å²) in [6.07, 6.45) is 1.52. The molecule has 2 aromatic rings. The van der Waals surface area contributed by atoms with E-state index >= 15 is 0 Å². The molecule has 7 heteroatoms. The van der Waals surface area contributed by atoms with Crippen LogP contribution in [0.2, 0.25) is 0 Å². The van der Waals surface area contributed by atoms with E-state index in [4.69, 9.17) is 4.74 Å². The number of carbonyl (C=O) groups excluding carboxylic acids is 1. The van der Waals surface area contributed by atoms with E-state index in [1.54, 1.807) is 11.0 Å². The minimum Gasteiger partial charge on any atom is -0.450 e. The Kier molecular flexibility index (Phi) is 6.25. The van der Waals surface area contributed by atoms with Gasteiger partial charge in [0.1, 0.15) is 5.82 Å². The lowest BCUT2D eigenvalue weighted by atomic mass is 10.1. The Balaban J connectivity index is 1.80. The van der Waals surface area contributed by atoms with Gasteiger partial charge in [-0.1, -0.05) is 36.4 Å². The van der Waals surface area contributed by atoms with Gasteiger partial charge in [-0.3, -0.25) is 0 Å². The van der Waals surface area contributed by atoms with Gasteiger partial charge in [0.2, 0.25) is 5.95 Å². The molecule has 0 radical (unpaired) electrons. The lowest BCUT2D eigenvalue weighted by Crippen LogP contribution is -2.49. The predicted octanol–water partition coefficient (Wildman–Crippen LogP) is 3.02. The van der Waals surface area contributed by atoms with Crippen molar-refractivity contribution in [3.8, 4) is 11.3 Å². The summed E-state index contributed by atoms with van der Waals surface area (Å²) in [4.78, 5) is 25.1. The molecule has 0 atom stereocenters. The Morgan fingerprint density at radius 2 is 1.96 bits per heavy atom. The van der Waals surface area contributed by atoms with Crippen LogP contribution in [0.5, 0.6) is 0 Å². The number of piperazine rings is 1. The SMILES string of the molecule is C=CCNc1nc(-c2ccccc2)cc(N2CCN(C(=O)OCC)CC2)n1. The first kappa shape index (κ1) is 18.7. The van der Waals surface area contributed by atoms with Crippen LogP contribution in [0.3, 0.4) is 0 Å². The number of nitrogens with zero attached hydrogens (tertiary/aromatic N) is 4. The molecule has 1 aromatic carbocycles. The molecule has 1 fully saturated rings. The molecular weight excluding hydrogens is 342 g/mol. The highest BCUT2D eigenvalue weighted by molar-refractivity contribution is 5.68. The maximum Gasteiger partial charge on any atom is 0.409 e. The van der Waals surface area contributed by atoms with Crippen molar-refractivity contribution in [2.24, 2.45) is 0 Å². The number of benzene rings is 1. The van der Waals surface area contributed by atoms with Gasteiger partial charge < -0.3 is 19.9 Å². The molecule has 0 aliphatic carbocycles. The fourth-order valence-electron chi connectivity index (χ4n) is 2.93. The highest BCUT2D eigenvalue weighted by Crippen LogP contribution is 2.24. The lowest BCUT2D eigenvalue weighted by Gasteiger charge is -2.34. The summed E-state index contributed by atoms with van der Waals surface area (Å²) in [5.74, 6) is 1.41. The second-order valence-electron chi connectivity index (χ2n) is 6.14. The molecule has 0 bridgehead atoms. The van der Waals surface area contributed by atoms with Crippen LogP contribution in [-0.4, -0.2) is 60.3 Å². The molecular formula is C20H25N5O2. The normalized spacial score (nSPS) is 14.0. The molecule has 7 nitrogen and oxygen atoms in total. The van der Waals surface area contributed by atoms with E-state index in [-0.39, 0.29) is 6.09 Å². The highest BCUT2D eigenvalue weighted by atomic mass is 16.6. The molecule has 0 spiro atoms. The van der Waals surface area contributed by atoms with Crippen LogP contribution in [0.15, 0.2) is 49.1 Å². The predicted molar refractivity (Wildman–Crippen MR) is 107 cm³/mol. The average Bonchev–Trinajstić information content (AvgIpc) is 2.73. The van der Waals surface area contributed by atoms with E-state index in [1.165, 1.54) is 0 Å². The third-order valence-corrected chi connectivity index (χ3v) is 4.32. The van der Waals surface area contributed by atoms with Crippen LogP contribution < -0.4 is 10.2 Å². The second-order valence-corrected chi connectivity index (χ2v) is 6.14. The van der Waals surface area contributed by atoms with Crippen LogP contribution in [0.4, 0.5) is 16.6 Å². The number of hydrogen-bond acceptors (Lipinski definition) is 6. The van der Waals surface area contributed by atoms with E-state index in [2.05, 4.69) is 26.8 Å². The van der Waals surface area contributed by atoms with Gasteiger partial charge in [-0.2, -0.15) is 4.98 Å². The highest BCUT2D eigenvalue weighted by Gasteiger charge is 2.23. The number of amides is 1. The maximum atomic E-state index is 11.9. The number of nitrogens with one attached hydrogen (secondary N) is 1. The van der Waals surface area contributed by atoms with Gasteiger partial charge in [0, 0.05) is 44.4 Å². The van der Waals surface area contributed by atoms with E-state index in [0.717, 1.165) is 17.1 Å². The second kappa shape index (κ2) is 9.02. The molecule has 3 rings (SSSR count). The number of anilines is 2. The van der Waals surface area contributed by atoms with Gasteiger partial charge in [-0.15, -0.1) is 6.58 Å². The zero-order chi connectivity index (χ0) is 19.1. The van der Waals surface area contributed by atoms with Crippen molar-refractivity contribution in [2.75, 3.05) is 49.5 Å². The summed E-state index contributed by atoms with van der Waals surface area (Å²) in [6, 6.07) is 12.0. The maximum absolute atomic E-state index is 11.9. The lowest BCUT2D eigenvalue weighted by molar-refractivity contribution is 0.105. The smallest absolute Gasteiger partial charge is 0.409 e. The van der Waals surface area contributed by atoms with E-state index in [1.807, 2.05) is 43.3 Å². The summed E-state index contributed by atoms with van der Waals surface area (Å²) in [5, 5.41) is 3.18. The fraction of sp³-hybridized carbons (Fsp3) is 0.350. The van der Waals surface area contributed by atoms with E-state index in [9.17, 15) is 4.79 Å². The van der Waals surface area contributed by atoms with Gasteiger partial charge in [-0.05, 0) is 6.92 Å². The number of hydrogen-bond donors (Lipinski definition) is 1. The fourth-order valence-corrected chi connectivity index (χ4v) is 2.93. The van der Waals surface area contributed by atoms with Crippen molar-refractivity contribution in [3.05, 3.63) is 49.1 Å². The molecule has 1 N–H and O–H groups in total. The Morgan fingerprint density at radius 1 is 1.22 bits per heavy atom. The van der Waals surface area contributed by atoms with E-state index in [0.29, 0.717) is 45.3 Å². The quantitative estimate of drug-likeness (QED) is 0.792. The largest absolute Gasteiger partial charge is 0.450 e. The monoisotopic (exact) mass is 367 g/mol. The summed E-state index contributed by atoms with van der Waals surface area (Å²) in [6.45, 7) is 9.15. The van der Waals surface area contributed by atoms with Gasteiger partial charge >= 0.3 is 6.09 Å². The van der Waals surface area contributed by atoms with Crippen LogP contribution in [0, 0.1) is 0 Å². The first-order valence-corrected chi connectivity index (χ1v) is 9.17. The summed E-state index contributed by atoms with van der Waals surface area (Å²) in [7, 11) is 0. The van der Waals surface area contributed by atoms with Crippen LogP contribution in [0.25, 0.3) is 11.3 Å². The molecule has 1 aliphatic heterocycles. The first-order chi connectivity index (χ1) is 13.2. The van der Waals surface area contributed by atoms with Gasteiger partial charge in [-0.25, -0.2) is 9.78 Å². The molecule has 27 heavy (non-hydrogen) atoms. The summed E-state index contributed by atoms with van der Waals surface area (Å²) in [5.41, 5.74) is 1.90. The average molecular weight is 367 g/mol.